The molecule has 0 aromatic heterocycles. The lowest BCUT2D eigenvalue weighted by Crippen LogP contribution is -2.43. The second kappa shape index (κ2) is 9.75. The maximum absolute atomic E-state index is 13.2. The van der Waals surface area contributed by atoms with Crippen molar-refractivity contribution in [2.45, 2.75) is 23.8 Å². The number of hydrogen-bond acceptors (Lipinski definition) is 4. The molecule has 1 saturated heterocycles. The smallest absolute Gasteiger partial charge is 0.244 e. The molecule has 3 rings (SSSR count). The minimum Gasteiger partial charge on any atom is -0.341 e. The number of thioether (sulfide) groups is 1. The molecule has 0 spiro atoms. The van der Waals surface area contributed by atoms with Gasteiger partial charge in [0.25, 0.3) is 0 Å². The van der Waals surface area contributed by atoms with Crippen LogP contribution in [0.5, 0.6) is 0 Å². The second-order valence-corrected chi connectivity index (χ2v) is 7.86. The Morgan fingerprint density at radius 1 is 1.07 bits per heavy atom. The zero-order chi connectivity index (χ0) is 19.9. The summed E-state index contributed by atoms with van der Waals surface area (Å²) in [5.74, 6) is -0.0531. The number of benzene rings is 2. The molecule has 0 radical (unpaired) electrons. The molecule has 5 nitrogen and oxygen atoms in total. The van der Waals surface area contributed by atoms with E-state index in [-0.39, 0.29) is 18.4 Å². The molecule has 1 aliphatic heterocycles. The molecule has 0 unspecified atom stereocenters. The lowest BCUT2D eigenvalue weighted by Gasteiger charge is -2.30. The molecule has 1 N–H and O–H groups in total. The topological polar surface area (TPSA) is 52.7 Å². The Bertz CT molecular complexity index is 806. The van der Waals surface area contributed by atoms with E-state index in [1.807, 2.05) is 77.7 Å². The first-order valence-electron chi connectivity index (χ1n) is 9.57. The summed E-state index contributed by atoms with van der Waals surface area (Å²) in [6.45, 7) is 1.73. The minimum atomic E-state index is -0.458. The van der Waals surface area contributed by atoms with Gasteiger partial charge < -0.3 is 10.2 Å². The Balaban J connectivity index is 1.74. The Morgan fingerprint density at radius 2 is 1.71 bits per heavy atom. The lowest BCUT2D eigenvalue weighted by molar-refractivity contribution is -0.136. The maximum atomic E-state index is 13.2. The van der Waals surface area contributed by atoms with Gasteiger partial charge in [0.2, 0.25) is 11.8 Å². The fourth-order valence-corrected chi connectivity index (χ4v) is 4.14. The number of nitrogens with zero attached hydrogens (tertiary/aromatic N) is 2. The molecule has 0 bridgehead atoms. The summed E-state index contributed by atoms with van der Waals surface area (Å²) < 4.78 is 0. The van der Waals surface area contributed by atoms with Gasteiger partial charge >= 0.3 is 0 Å². The van der Waals surface area contributed by atoms with E-state index >= 15 is 0 Å². The summed E-state index contributed by atoms with van der Waals surface area (Å²) in [6, 6.07) is 17.0. The van der Waals surface area contributed by atoms with E-state index in [1.165, 1.54) is 0 Å². The molecule has 2 aromatic rings. The van der Waals surface area contributed by atoms with Gasteiger partial charge in [0, 0.05) is 18.0 Å². The molecule has 28 heavy (non-hydrogen) atoms. The molecular formula is C22H27N3O2S. The van der Waals surface area contributed by atoms with Crippen LogP contribution in [0.1, 0.15) is 24.4 Å². The molecule has 1 fully saturated rings. The molecular weight excluding hydrogens is 370 g/mol. The number of carbonyl (C=O) groups is 2. The van der Waals surface area contributed by atoms with Crippen LogP contribution in [0.3, 0.4) is 0 Å². The highest BCUT2D eigenvalue weighted by Crippen LogP contribution is 2.26. The van der Waals surface area contributed by atoms with E-state index in [4.69, 9.17) is 0 Å². The molecule has 2 amide bonds. The number of para-hydroxylation sites is 1. The third kappa shape index (κ3) is 4.94. The average Bonchev–Trinajstić information content (AvgIpc) is 3.24. The van der Waals surface area contributed by atoms with Gasteiger partial charge in [-0.15, -0.1) is 11.8 Å². The highest BCUT2D eigenvalue weighted by atomic mass is 32.2. The summed E-state index contributed by atoms with van der Waals surface area (Å²) >= 11 is 1.59. The van der Waals surface area contributed by atoms with Crippen molar-refractivity contribution in [1.82, 2.24) is 9.80 Å². The van der Waals surface area contributed by atoms with Crippen LogP contribution in [0.2, 0.25) is 0 Å². The van der Waals surface area contributed by atoms with Gasteiger partial charge in [0.05, 0.1) is 12.2 Å². The molecule has 6 heteroatoms. The van der Waals surface area contributed by atoms with E-state index in [0.717, 1.165) is 42.1 Å². The van der Waals surface area contributed by atoms with Crippen LogP contribution in [0.25, 0.3) is 0 Å². The number of hydrogen-bond donors (Lipinski definition) is 1. The highest BCUT2D eigenvalue weighted by Gasteiger charge is 2.31. The molecule has 0 aliphatic carbocycles. The number of anilines is 1. The quantitative estimate of drug-likeness (QED) is 0.725. The summed E-state index contributed by atoms with van der Waals surface area (Å²) in [7, 11) is 1.84. The van der Waals surface area contributed by atoms with Gasteiger partial charge in [-0.25, -0.2) is 0 Å². The molecule has 1 atom stereocenters. The van der Waals surface area contributed by atoms with Crippen LogP contribution in [-0.2, 0) is 9.59 Å². The molecule has 148 valence electrons. The van der Waals surface area contributed by atoms with Crippen molar-refractivity contribution in [3.8, 4) is 0 Å². The van der Waals surface area contributed by atoms with E-state index in [9.17, 15) is 9.59 Å². The SMILES string of the molecule is CSc1ccccc1NC(=O)CN(C)[C@@H](C(=O)N1CCCC1)c1ccccc1. The van der Waals surface area contributed by atoms with Crippen molar-refractivity contribution in [2.24, 2.45) is 0 Å². The summed E-state index contributed by atoms with van der Waals surface area (Å²) in [6.07, 6.45) is 4.07. The molecule has 0 saturated carbocycles. The van der Waals surface area contributed by atoms with Gasteiger partial charge in [-0.2, -0.15) is 0 Å². The van der Waals surface area contributed by atoms with Gasteiger partial charge in [-0.05, 0) is 43.8 Å². The first kappa shape index (κ1) is 20.4. The Morgan fingerprint density at radius 3 is 2.39 bits per heavy atom. The van der Waals surface area contributed by atoms with E-state index in [2.05, 4.69) is 5.32 Å². The first-order valence-corrected chi connectivity index (χ1v) is 10.8. The van der Waals surface area contributed by atoms with Crippen LogP contribution in [-0.4, -0.2) is 54.6 Å². The number of carbonyl (C=O) groups excluding carboxylic acids is 2. The Hall–Kier alpha value is -2.31. The fraction of sp³-hybridized carbons (Fsp3) is 0.364. The normalized spacial score (nSPS) is 14.9. The first-order chi connectivity index (χ1) is 13.6. The zero-order valence-corrected chi connectivity index (χ0v) is 17.2. The predicted octanol–water partition coefficient (Wildman–Crippen LogP) is 3.64. The van der Waals surface area contributed by atoms with Gasteiger partial charge in [-0.3, -0.25) is 14.5 Å². The molecule has 1 aliphatic rings. The van der Waals surface area contributed by atoms with E-state index < -0.39 is 6.04 Å². The fourth-order valence-electron chi connectivity index (χ4n) is 3.59. The van der Waals surface area contributed by atoms with Gasteiger partial charge in [-0.1, -0.05) is 42.5 Å². The summed E-state index contributed by atoms with van der Waals surface area (Å²) in [5, 5.41) is 2.98. The molecule has 1 heterocycles. The predicted molar refractivity (Wildman–Crippen MR) is 114 cm³/mol. The largest absolute Gasteiger partial charge is 0.341 e. The van der Waals surface area contributed by atoms with Crippen LogP contribution >= 0.6 is 11.8 Å². The van der Waals surface area contributed by atoms with Crippen molar-refractivity contribution in [3.05, 3.63) is 60.2 Å². The van der Waals surface area contributed by atoms with E-state index in [0.29, 0.717) is 0 Å². The van der Waals surface area contributed by atoms with Gasteiger partial charge in [0.15, 0.2) is 0 Å². The van der Waals surface area contributed by atoms with Crippen molar-refractivity contribution < 1.29 is 9.59 Å². The van der Waals surface area contributed by atoms with Crippen LogP contribution in [0.15, 0.2) is 59.5 Å². The maximum Gasteiger partial charge on any atom is 0.244 e. The number of likely N-dealkylation sites (tertiary alicyclic amines) is 1. The van der Waals surface area contributed by atoms with Crippen LogP contribution in [0, 0.1) is 0 Å². The highest BCUT2D eigenvalue weighted by molar-refractivity contribution is 7.98. The lowest BCUT2D eigenvalue weighted by atomic mass is 10.0. The second-order valence-electron chi connectivity index (χ2n) is 7.01. The third-order valence-electron chi connectivity index (χ3n) is 4.98. The molecule has 2 aromatic carbocycles. The zero-order valence-electron chi connectivity index (χ0n) is 16.4. The summed E-state index contributed by atoms with van der Waals surface area (Å²) in [4.78, 5) is 30.6. The van der Waals surface area contributed by atoms with Crippen LogP contribution in [0.4, 0.5) is 5.69 Å². The number of nitrogens with one attached hydrogen (secondary N) is 1. The number of amides is 2. The minimum absolute atomic E-state index is 0.0727. The van der Waals surface area contributed by atoms with Crippen molar-refractivity contribution in [1.29, 1.82) is 0 Å². The number of likely N-dealkylation sites (N-methyl/N-ethyl adjacent to an activating group) is 1. The van der Waals surface area contributed by atoms with Crippen molar-refractivity contribution in [3.63, 3.8) is 0 Å². The van der Waals surface area contributed by atoms with Crippen molar-refractivity contribution >= 4 is 29.3 Å². The van der Waals surface area contributed by atoms with Crippen molar-refractivity contribution in [2.75, 3.05) is 38.3 Å². The van der Waals surface area contributed by atoms with Gasteiger partial charge in [0.1, 0.15) is 6.04 Å². The average molecular weight is 398 g/mol. The van der Waals surface area contributed by atoms with Crippen LogP contribution < -0.4 is 5.32 Å². The standard InChI is InChI=1S/C22H27N3O2S/c1-24(16-20(26)23-18-12-6-7-13-19(18)28-2)21(17-10-4-3-5-11-17)22(27)25-14-8-9-15-25/h3-7,10-13,21H,8-9,14-16H2,1-2H3,(H,23,26)/t21-/m1/s1. The summed E-state index contributed by atoms with van der Waals surface area (Å²) in [5.41, 5.74) is 1.72. The Labute approximate surface area is 171 Å². The third-order valence-corrected chi connectivity index (χ3v) is 5.78. The number of rotatable bonds is 7. The van der Waals surface area contributed by atoms with E-state index in [1.54, 1.807) is 11.8 Å². The Kier molecular flexibility index (Phi) is 7.12. The monoisotopic (exact) mass is 397 g/mol.